The van der Waals surface area contributed by atoms with E-state index in [4.69, 9.17) is 15.7 Å². The van der Waals surface area contributed by atoms with Crippen LogP contribution < -0.4 is 15.8 Å². The molecule has 4 aromatic rings. The lowest BCUT2D eigenvalue weighted by Gasteiger charge is -2.34. The summed E-state index contributed by atoms with van der Waals surface area (Å²) in [6.45, 7) is 5.10. The number of sulfonamides is 1. The highest BCUT2D eigenvalue weighted by atomic mass is 127. The van der Waals surface area contributed by atoms with E-state index in [1.165, 1.54) is 24.3 Å². The maximum atomic E-state index is 13.7. The van der Waals surface area contributed by atoms with E-state index in [0.29, 0.717) is 18.7 Å². The van der Waals surface area contributed by atoms with Gasteiger partial charge in [0, 0.05) is 23.2 Å². The van der Waals surface area contributed by atoms with E-state index < -0.39 is 31.6 Å². The summed E-state index contributed by atoms with van der Waals surface area (Å²) in [5.74, 6) is -0.301. The fourth-order valence-corrected chi connectivity index (χ4v) is 7.45. The van der Waals surface area contributed by atoms with Gasteiger partial charge < -0.3 is 16.0 Å². The second-order valence-corrected chi connectivity index (χ2v) is 15.9. The zero-order chi connectivity index (χ0) is 34.4. The molecule has 0 aromatic heterocycles. The number of likely N-dealkylation sites (tertiary alicyclic amines) is 1. The molecule has 0 bridgehead atoms. The number of nitrogens with zero attached hydrogens (tertiary/aromatic N) is 1. The number of carbonyl (C=O) groups excluding carboxylic acids is 1. The molecule has 14 heteroatoms. The number of guanidine groups is 1. The molecule has 4 aromatic carbocycles. The van der Waals surface area contributed by atoms with Crippen LogP contribution in [-0.4, -0.2) is 57.8 Å². The van der Waals surface area contributed by atoms with E-state index in [1.807, 2.05) is 43.3 Å². The molecule has 1 saturated heterocycles. The van der Waals surface area contributed by atoms with Crippen LogP contribution in [0, 0.1) is 21.8 Å². The normalized spacial score (nSPS) is 16.4. The fraction of sp³-hybridized carbons (Fsp3) is 0.273. The standard InChI is InChI=1S/C26H30IN5O3S.C7H8O3S/c1-26(21-9-8-19-6-2-3-7-20(19)15-21,31-36(34,35)23-12-10-22(27)11-13-23)24(33)30-16-18-5-4-14-32(17-18)25(28)29;1-6-2-4-7(5-3-6)11(8,9)10/h2-3,6-13,15,18,31H,4-5,14,16-17H2,1H3,(H3,28,29)(H,30,33);2-5H,1H3,(H,8,9,10)/t18-,26-;/m1./s1. The molecule has 47 heavy (non-hydrogen) atoms. The number of hydrogen-bond donors (Lipinski definition) is 5. The lowest BCUT2D eigenvalue weighted by Crippen LogP contribution is -2.55. The Kier molecular flexibility index (Phi) is 11.7. The number of amides is 1. The van der Waals surface area contributed by atoms with Gasteiger partial charge in [0.15, 0.2) is 5.96 Å². The van der Waals surface area contributed by atoms with Gasteiger partial charge in [0.1, 0.15) is 5.54 Å². The van der Waals surface area contributed by atoms with Gasteiger partial charge in [-0.25, -0.2) is 8.42 Å². The van der Waals surface area contributed by atoms with Gasteiger partial charge in [-0.3, -0.25) is 14.8 Å². The highest BCUT2D eigenvalue weighted by Crippen LogP contribution is 2.28. The number of carbonyl (C=O) groups is 1. The molecule has 6 N–H and O–H groups in total. The van der Waals surface area contributed by atoms with E-state index in [2.05, 4.69) is 32.6 Å². The van der Waals surface area contributed by atoms with Crippen molar-refractivity contribution in [3.63, 3.8) is 0 Å². The van der Waals surface area contributed by atoms with Crippen molar-refractivity contribution in [2.24, 2.45) is 11.7 Å². The minimum atomic E-state index is -4.02. The Bertz CT molecular complexity index is 1960. The Morgan fingerprint density at radius 3 is 2.21 bits per heavy atom. The van der Waals surface area contributed by atoms with Crippen molar-refractivity contribution in [2.75, 3.05) is 19.6 Å². The zero-order valence-corrected chi connectivity index (χ0v) is 29.8. The van der Waals surface area contributed by atoms with Crippen molar-refractivity contribution in [3.8, 4) is 0 Å². The summed E-state index contributed by atoms with van der Waals surface area (Å²) in [5, 5.41) is 12.6. The van der Waals surface area contributed by atoms with Crippen LogP contribution in [0.1, 0.15) is 30.9 Å². The van der Waals surface area contributed by atoms with Gasteiger partial charge in [-0.1, -0.05) is 54.1 Å². The fourth-order valence-electron chi connectivity index (χ4n) is 5.25. The number of nitrogens with two attached hydrogens (primary N) is 1. The molecule has 1 aliphatic heterocycles. The maximum absolute atomic E-state index is 13.7. The number of nitrogens with one attached hydrogen (secondary N) is 3. The van der Waals surface area contributed by atoms with Gasteiger partial charge in [0.05, 0.1) is 9.79 Å². The molecule has 1 fully saturated rings. The molecular formula is C33H38IN5O6S2. The summed E-state index contributed by atoms with van der Waals surface area (Å²) in [6, 6.07) is 25.7. The van der Waals surface area contributed by atoms with E-state index in [1.54, 1.807) is 42.2 Å². The monoisotopic (exact) mass is 791 g/mol. The van der Waals surface area contributed by atoms with E-state index in [9.17, 15) is 21.6 Å². The molecule has 1 amide bonds. The van der Waals surface area contributed by atoms with Crippen molar-refractivity contribution in [1.29, 1.82) is 5.41 Å². The molecule has 1 heterocycles. The Balaban J connectivity index is 0.000000385. The van der Waals surface area contributed by atoms with Gasteiger partial charge in [-0.15, -0.1) is 0 Å². The van der Waals surface area contributed by atoms with Crippen LogP contribution in [0.3, 0.4) is 0 Å². The number of piperidine rings is 1. The second kappa shape index (κ2) is 15.1. The summed E-state index contributed by atoms with van der Waals surface area (Å²) in [5.41, 5.74) is 5.60. The largest absolute Gasteiger partial charge is 0.370 e. The Morgan fingerprint density at radius 2 is 1.60 bits per heavy atom. The third kappa shape index (κ3) is 9.50. The first-order valence-corrected chi connectivity index (χ1v) is 18.8. The van der Waals surface area contributed by atoms with Gasteiger partial charge in [0.2, 0.25) is 15.9 Å². The van der Waals surface area contributed by atoms with Crippen LogP contribution in [-0.2, 0) is 30.5 Å². The Hall–Kier alpha value is -3.57. The summed E-state index contributed by atoms with van der Waals surface area (Å²) >= 11 is 2.11. The first-order chi connectivity index (χ1) is 22.1. The molecule has 0 unspecified atom stereocenters. The number of fused-ring (bicyclic) bond motifs is 1. The molecule has 5 rings (SSSR count). The lowest BCUT2D eigenvalue weighted by molar-refractivity contribution is -0.127. The van der Waals surface area contributed by atoms with Crippen molar-refractivity contribution in [1.82, 2.24) is 14.9 Å². The average molecular weight is 792 g/mol. The molecular weight excluding hydrogens is 753 g/mol. The average Bonchev–Trinajstić information content (AvgIpc) is 3.03. The minimum Gasteiger partial charge on any atom is -0.370 e. The van der Waals surface area contributed by atoms with Crippen molar-refractivity contribution >= 4 is 65.4 Å². The smallest absolute Gasteiger partial charge is 0.294 e. The Morgan fingerprint density at radius 1 is 0.979 bits per heavy atom. The first kappa shape index (κ1) is 36.3. The topological polar surface area (TPSA) is 183 Å². The molecule has 0 aliphatic carbocycles. The van der Waals surface area contributed by atoms with Gasteiger partial charge >= 0.3 is 0 Å². The molecule has 2 atom stereocenters. The molecule has 1 aliphatic rings. The zero-order valence-electron chi connectivity index (χ0n) is 26.0. The number of rotatable bonds is 8. The minimum absolute atomic E-state index is 0.0253. The summed E-state index contributed by atoms with van der Waals surface area (Å²) < 4.78 is 59.9. The van der Waals surface area contributed by atoms with E-state index >= 15 is 0 Å². The second-order valence-electron chi connectivity index (χ2n) is 11.6. The predicted molar refractivity (Wildman–Crippen MR) is 191 cm³/mol. The highest BCUT2D eigenvalue weighted by Gasteiger charge is 2.40. The molecule has 250 valence electrons. The number of hydrogen-bond acceptors (Lipinski definition) is 6. The highest BCUT2D eigenvalue weighted by molar-refractivity contribution is 14.1. The summed E-state index contributed by atoms with van der Waals surface area (Å²) in [7, 11) is -8.03. The van der Waals surface area contributed by atoms with Crippen LogP contribution in [0.2, 0.25) is 0 Å². The first-order valence-electron chi connectivity index (χ1n) is 14.8. The van der Waals surface area contributed by atoms with Crippen molar-refractivity contribution < 1.29 is 26.2 Å². The van der Waals surface area contributed by atoms with Crippen LogP contribution >= 0.6 is 22.6 Å². The van der Waals surface area contributed by atoms with Crippen LogP contribution in [0.25, 0.3) is 10.8 Å². The van der Waals surface area contributed by atoms with Crippen molar-refractivity contribution in [3.05, 3.63) is 106 Å². The molecule has 0 spiro atoms. The predicted octanol–water partition coefficient (Wildman–Crippen LogP) is 4.60. The van der Waals surface area contributed by atoms with Crippen LogP contribution in [0.4, 0.5) is 0 Å². The molecule has 0 saturated carbocycles. The SMILES string of the molecule is C[C@](NS(=O)(=O)c1ccc(I)cc1)(C(=O)NC[C@H]1CCCN(C(=N)N)C1)c1ccc2ccccc2c1.Cc1ccc(S(=O)(=O)O)cc1. The van der Waals surface area contributed by atoms with Crippen LogP contribution in [0.15, 0.2) is 101 Å². The third-order valence-corrected chi connectivity index (χ3v) is 11.1. The molecule has 11 nitrogen and oxygen atoms in total. The van der Waals surface area contributed by atoms with Gasteiger partial charge in [-0.05, 0) is 114 Å². The molecule has 0 radical (unpaired) electrons. The summed E-state index contributed by atoms with van der Waals surface area (Å²) in [4.78, 5) is 15.5. The van der Waals surface area contributed by atoms with E-state index in [-0.39, 0.29) is 21.7 Å². The number of aryl methyl sites for hydroxylation is 1. The van der Waals surface area contributed by atoms with Crippen molar-refractivity contribution in [2.45, 2.75) is 42.0 Å². The third-order valence-electron chi connectivity index (χ3n) is 7.97. The Labute approximate surface area is 289 Å². The quantitative estimate of drug-likeness (QED) is 0.0743. The van der Waals surface area contributed by atoms with Gasteiger partial charge in [0.25, 0.3) is 10.1 Å². The number of benzene rings is 4. The number of halogens is 1. The van der Waals surface area contributed by atoms with E-state index in [0.717, 1.165) is 39.3 Å². The van der Waals surface area contributed by atoms with Crippen LogP contribution in [0.5, 0.6) is 0 Å². The van der Waals surface area contributed by atoms with Gasteiger partial charge in [-0.2, -0.15) is 13.1 Å². The maximum Gasteiger partial charge on any atom is 0.294 e. The summed E-state index contributed by atoms with van der Waals surface area (Å²) in [6.07, 6.45) is 1.77. The lowest BCUT2D eigenvalue weighted by atomic mass is 9.90.